The van der Waals surface area contributed by atoms with E-state index in [0.29, 0.717) is 15.8 Å². The second-order valence-corrected chi connectivity index (χ2v) is 7.93. The number of hydrogen-bond donors (Lipinski definition) is 0. The Balaban J connectivity index is 1.63. The Morgan fingerprint density at radius 2 is 1.91 bits per heavy atom. The molecule has 2 saturated heterocycles. The molecule has 1 aromatic rings. The Kier molecular flexibility index (Phi) is 5.87. The molecule has 0 saturated carbocycles. The van der Waals surface area contributed by atoms with E-state index in [4.69, 9.17) is 17.0 Å². The molecule has 2 aliphatic heterocycles. The maximum atomic E-state index is 12.6. The Labute approximate surface area is 154 Å². The van der Waals surface area contributed by atoms with Crippen LogP contribution in [0.1, 0.15) is 5.56 Å². The van der Waals surface area contributed by atoms with Gasteiger partial charge in [0, 0.05) is 30.7 Å². The third-order valence-electron chi connectivity index (χ3n) is 3.78. The van der Waals surface area contributed by atoms with Crippen molar-refractivity contribution in [3.63, 3.8) is 0 Å². The van der Waals surface area contributed by atoms with Crippen LogP contribution in [0, 0.1) is 0 Å². The maximum Gasteiger partial charge on any atom is 0.266 e. The average molecular weight is 413 g/mol. The van der Waals surface area contributed by atoms with Crippen molar-refractivity contribution in [2.45, 2.75) is 0 Å². The van der Waals surface area contributed by atoms with E-state index in [0.717, 1.165) is 42.9 Å². The molecule has 3 rings (SSSR count). The molecule has 2 heterocycles. The Bertz CT molecular complexity index is 627. The van der Waals surface area contributed by atoms with E-state index in [1.807, 2.05) is 30.3 Å². The number of thiocarbonyl (C=S) groups is 1. The monoisotopic (exact) mass is 412 g/mol. The van der Waals surface area contributed by atoms with Crippen LogP contribution in [0.15, 0.2) is 33.6 Å². The number of carbonyl (C=O) groups is 1. The highest BCUT2D eigenvalue weighted by atomic mass is 79.9. The van der Waals surface area contributed by atoms with Crippen LogP contribution in [0.5, 0.6) is 0 Å². The van der Waals surface area contributed by atoms with Crippen molar-refractivity contribution in [1.82, 2.24) is 9.80 Å². The lowest BCUT2D eigenvalue weighted by atomic mass is 10.2. The Morgan fingerprint density at radius 1 is 1.22 bits per heavy atom. The fraction of sp³-hybridized carbons (Fsp3) is 0.375. The molecule has 2 aliphatic rings. The normalized spacial score (nSPS) is 21.4. The fourth-order valence-electron chi connectivity index (χ4n) is 2.47. The number of rotatable bonds is 4. The molecule has 1 amide bonds. The standard InChI is InChI=1S/C16H17BrN2O2S2/c17-13-3-1-12(2-4-13)11-14-15(20)19(16(22)23-14)6-5-18-7-9-21-10-8-18/h1-4,11H,5-10H2/b14-11-. The minimum absolute atomic E-state index is 0.0104. The van der Waals surface area contributed by atoms with Gasteiger partial charge in [-0.15, -0.1) is 0 Å². The van der Waals surface area contributed by atoms with Crippen molar-refractivity contribution >= 4 is 56.2 Å². The first-order valence-corrected chi connectivity index (χ1v) is 9.46. The zero-order valence-corrected chi connectivity index (χ0v) is 15.8. The van der Waals surface area contributed by atoms with Gasteiger partial charge in [-0.3, -0.25) is 14.6 Å². The van der Waals surface area contributed by atoms with Crippen LogP contribution in [-0.4, -0.2) is 59.4 Å². The summed E-state index contributed by atoms with van der Waals surface area (Å²) >= 11 is 10.2. The van der Waals surface area contributed by atoms with Gasteiger partial charge < -0.3 is 4.74 Å². The minimum atomic E-state index is 0.0104. The SMILES string of the molecule is O=C1/C(=C/c2ccc(Br)cc2)SC(=S)N1CCN1CCOCC1. The van der Waals surface area contributed by atoms with Gasteiger partial charge >= 0.3 is 0 Å². The second kappa shape index (κ2) is 7.90. The molecule has 0 N–H and O–H groups in total. The summed E-state index contributed by atoms with van der Waals surface area (Å²) in [5.41, 5.74) is 1.00. The number of ether oxygens (including phenoxy) is 1. The van der Waals surface area contributed by atoms with Crippen LogP contribution in [0.4, 0.5) is 0 Å². The van der Waals surface area contributed by atoms with Crippen LogP contribution >= 0.6 is 39.9 Å². The summed E-state index contributed by atoms with van der Waals surface area (Å²) in [4.78, 5) is 17.3. The lowest BCUT2D eigenvalue weighted by molar-refractivity contribution is -0.122. The van der Waals surface area contributed by atoms with Gasteiger partial charge in [0.1, 0.15) is 4.32 Å². The summed E-state index contributed by atoms with van der Waals surface area (Å²) < 4.78 is 7.01. The highest BCUT2D eigenvalue weighted by molar-refractivity contribution is 9.10. The number of morpholine rings is 1. The quantitative estimate of drug-likeness (QED) is 0.560. The van der Waals surface area contributed by atoms with Gasteiger partial charge in [0.2, 0.25) is 0 Å². The number of hydrogen-bond acceptors (Lipinski definition) is 5. The molecule has 7 heteroatoms. The third-order valence-corrected chi connectivity index (χ3v) is 5.69. The van der Waals surface area contributed by atoms with E-state index < -0.39 is 0 Å². The van der Waals surface area contributed by atoms with Gasteiger partial charge in [0.05, 0.1) is 18.1 Å². The molecular formula is C16H17BrN2O2S2. The van der Waals surface area contributed by atoms with E-state index in [1.165, 1.54) is 11.8 Å². The number of nitrogens with zero attached hydrogens (tertiary/aromatic N) is 2. The first kappa shape index (κ1) is 17.1. The van der Waals surface area contributed by atoms with Crippen LogP contribution in [0.2, 0.25) is 0 Å². The third kappa shape index (κ3) is 4.42. The average Bonchev–Trinajstić information content (AvgIpc) is 2.82. The van der Waals surface area contributed by atoms with Crippen molar-refractivity contribution in [3.05, 3.63) is 39.2 Å². The largest absolute Gasteiger partial charge is 0.379 e. The van der Waals surface area contributed by atoms with Gasteiger partial charge in [-0.2, -0.15) is 0 Å². The molecule has 0 spiro atoms. The van der Waals surface area contributed by atoms with E-state index >= 15 is 0 Å². The van der Waals surface area contributed by atoms with E-state index in [2.05, 4.69) is 20.8 Å². The second-order valence-electron chi connectivity index (χ2n) is 5.34. The van der Waals surface area contributed by atoms with Crippen LogP contribution in [0.3, 0.4) is 0 Å². The first-order valence-electron chi connectivity index (χ1n) is 7.44. The van der Waals surface area contributed by atoms with Crippen LogP contribution < -0.4 is 0 Å². The topological polar surface area (TPSA) is 32.8 Å². The van der Waals surface area contributed by atoms with Crippen LogP contribution in [-0.2, 0) is 9.53 Å². The van der Waals surface area contributed by atoms with E-state index in [9.17, 15) is 4.79 Å². The van der Waals surface area contributed by atoms with Crippen molar-refractivity contribution in [1.29, 1.82) is 0 Å². The molecule has 0 unspecified atom stereocenters. The molecular weight excluding hydrogens is 396 g/mol. The van der Waals surface area contributed by atoms with Gasteiger partial charge in [-0.05, 0) is 23.8 Å². The summed E-state index contributed by atoms with van der Waals surface area (Å²) in [7, 11) is 0. The molecule has 0 radical (unpaired) electrons. The molecule has 122 valence electrons. The lowest BCUT2D eigenvalue weighted by Crippen LogP contribution is -2.42. The van der Waals surface area contributed by atoms with Crippen molar-refractivity contribution < 1.29 is 9.53 Å². The fourth-order valence-corrected chi connectivity index (χ4v) is 4.04. The smallest absolute Gasteiger partial charge is 0.266 e. The Hall–Kier alpha value is -0.730. The molecule has 23 heavy (non-hydrogen) atoms. The minimum Gasteiger partial charge on any atom is -0.379 e. The molecule has 0 aliphatic carbocycles. The summed E-state index contributed by atoms with van der Waals surface area (Å²) in [6.45, 7) is 4.85. The summed E-state index contributed by atoms with van der Waals surface area (Å²) in [6.07, 6.45) is 1.90. The lowest BCUT2D eigenvalue weighted by Gasteiger charge is -2.28. The number of thioether (sulfide) groups is 1. The molecule has 4 nitrogen and oxygen atoms in total. The van der Waals surface area contributed by atoms with E-state index in [-0.39, 0.29) is 5.91 Å². The number of halogens is 1. The molecule has 0 bridgehead atoms. The van der Waals surface area contributed by atoms with Gasteiger partial charge in [-0.1, -0.05) is 52.0 Å². The zero-order chi connectivity index (χ0) is 16.2. The predicted octanol–water partition coefficient (Wildman–Crippen LogP) is 2.98. The summed E-state index contributed by atoms with van der Waals surface area (Å²) in [5.74, 6) is 0.0104. The van der Waals surface area contributed by atoms with Gasteiger partial charge in [0.25, 0.3) is 5.91 Å². The van der Waals surface area contributed by atoms with Crippen molar-refractivity contribution in [3.8, 4) is 0 Å². The first-order chi connectivity index (χ1) is 11.1. The molecule has 0 atom stereocenters. The van der Waals surface area contributed by atoms with E-state index in [1.54, 1.807) is 4.90 Å². The Morgan fingerprint density at radius 3 is 2.61 bits per heavy atom. The summed E-state index contributed by atoms with van der Waals surface area (Å²) in [6, 6.07) is 7.88. The predicted molar refractivity (Wildman–Crippen MR) is 101 cm³/mol. The number of amides is 1. The van der Waals surface area contributed by atoms with Gasteiger partial charge in [-0.25, -0.2) is 0 Å². The van der Waals surface area contributed by atoms with Crippen LogP contribution in [0.25, 0.3) is 6.08 Å². The maximum absolute atomic E-state index is 12.6. The van der Waals surface area contributed by atoms with Crippen molar-refractivity contribution in [2.24, 2.45) is 0 Å². The molecule has 0 aromatic heterocycles. The molecule has 1 aromatic carbocycles. The number of carbonyl (C=O) groups excluding carboxylic acids is 1. The summed E-state index contributed by atoms with van der Waals surface area (Å²) in [5, 5.41) is 0. The van der Waals surface area contributed by atoms with Gasteiger partial charge in [0.15, 0.2) is 0 Å². The highest BCUT2D eigenvalue weighted by Crippen LogP contribution is 2.32. The van der Waals surface area contributed by atoms with Crippen molar-refractivity contribution in [2.75, 3.05) is 39.4 Å². The number of benzene rings is 1. The highest BCUT2D eigenvalue weighted by Gasteiger charge is 2.32. The molecule has 2 fully saturated rings. The zero-order valence-electron chi connectivity index (χ0n) is 12.5.